The van der Waals surface area contributed by atoms with E-state index in [1.807, 2.05) is 38.4 Å². The first kappa shape index (κ1) is 24.3. The van der Waals surface area contributed by atoms with E-state index in [0.29, 0.717) is 10.7 Å². The van der Waals surface area contributed by atoms with Gasteiger partial charge in [0.05, 0.1) is 17.9 Å². The molecule has 1 atom stereocenters. The Morgan fingerprint density at radius 2 is 1.80 bits per heavy atom. The van der Waals surface area contributed by atoms with Crippen molar-refractivity contribution in [2.24, 2.45) is 7.05 Å². The van der Waals surface area contributed by atoms with Gasteiger partial charge in [0, 0.05) is 48.9 Å². The third kappa shape index (κ3) is 6.00. The minimum Gasteiger partial charge on any atom is -0.382 e. The molecule has 0 saturated carbocycles. The summed E-state index contributed by atoms with van der Waals surface area (Å²) in [5.74, 6) is -0.741. The molecule has 0 fully saturated rings. The first-order valence-corrected chi connectivity index (χ1v) is 11.9. The van der Waals surface area contributed by atoms with E-state index in [0.717, 1.165) is 33.8 Å². The van der Waals surface area contributed by atoms with Crippen molar-refractivity contribution in [2.45, 2.75) is 19.9 Å². The van der Waals surface area contributed by atoms with Gasteiger partial charge in [0.2, 0.25) is 0 Å². The van der Waals surface area contributed by atoms with Crippen LogP contribution in [-0.4, -0.2) is 46.1 Å². The molecule has 0 aliphatic heterocycles. The second-order valence-corrected chi connectivity index (χ2v) is 9.15. The summed E-state index contributed by atoms with van der Waals surface area (Å²) in [6, 6.07) is 13.0. The van der Waals surface area contributed by atoms with Gasteiger partial charge in [0.15, 0.2) is 5.13 Å². The third-order valence-electron chi connectivity index (χ3n) is 5.36. The lowest BCUT2D eigenvalue weighted by Gasteiger charge is -2.16. The summed E-state index contributed by atoms with van der Waals surface area (Å²) >= 11 is 1.32. The van der Waals surface area contributed by atoms with Gasteiger partial charge in [0.25, 0.3) is 11.8 Å². The minimum absolute atomic E-state index is 0.0372. The number of nitrogens with one attached hydrogen (secondary N) is 2. The highest BCUT2D eigenvalue weighted by Gasteiger charge is 2.23. The number of pyridine rings is 1. The molecule has 0 aliphatic carbocycles. The first-order valence-electron chi connectivity index (χ1n) is 11.1. The second kappa shape index (κ2) is 10.6. The summed E-state index contributed by atoms with van der Waals surface area (Å²) in [6.07, 6.45) is 3.45. The number of aryl methyl sites for hydroxylation is 3. The highest BCUT2D eigenvalue weighted by atomic mass is 32.1. The fourth-order valence-electron chi connectivity index (χ4n) is 3.74. The number of ether oxygens (including phenoxy) is 1. The highest BCUT2D eigenvalue weighted by Crippen LogP contribution is 2.29. The number of hydrogen-bond donors (Lipinski definition) is 2. The molecular weight excluding hydrogens is 462 g/mol. The zero-order valence-electron chi connectivity index (χ0n) is 20.0. The predicted molar refractivity (Wildman–Crippen MR) is 137 cm³/mol. The Hall–Kier alpha value is -3.82. The van der Waals surface area contributed by atoms with Crippen molar-refractivity contribution >= 4 is 28.3 Å². The molecule has 35 heavy (non-hydrogen) atoms. The normalized spacial score (nSPS) is 11.8. The Labute approximate surface area is 208 Å². The average molecular weight is 490 g/mol. The highest BCUT2D eigenvalue weighted by molar-refractivity contribution is 7.14. The second-order valence-electron chi connectivity index (χ2n) is 8.29. The van der Waals surface area contributed by atoms with Crippen LogP contribution >= 0.6 is 11.3 Å². The third-order valence-corrected chi connectivity index (χ3v) is 6.11. The molecule has 0 spiro atoms. The van der Waals surface area contributed by atoms with Gasteiger partial charge in [-0.3, -0.25) is 14.6 Å². The van der Waals surface area contributed by atoms with E-state index in [1.54, 1.807) is 23.0 Å². The van der Waals surface area contributed by atoms with E-state index in [2.05, 4.69) is 44.9 Å². The number of methoxy groups -OCH3 is 1. The number of carbonyl (C=O) groups is 2. The average Bonchev–Trinajstić information content (AvgIpc) is 3.47. The molecule has 8 nitrogen and oxygen atoms in total. The van der Waals surface area contributed by atoms with Crippen LogP contribution in [0.1, 0.15) is 21.7 Å². The molecule has 0 aliphatic rings. The maximum Gasteiger partial charge on any atom is 0.253 e. The van der Waals surface area contributed by atoms with Crippen LogP contribution in [0.2, 0.25) is 0 Å². The van der Waals surface area contributed by atoms with E-state index in [9.17, 15) is 9.59 Å². The summed E-state index contributed by atoms with van der Waals surface area (Å²) in [5.41, 5.74) is 6.26. The van der Waals surface area contributed by atoms with Crippen molar-refractivity contribution in [3.05, 3.63) is 77.2 Å². The van der Waals surface area contributed by atoms with Crippen LogP contribution in [0.25, 0.3) is 22.4 Å². The molecule has 2 N–H and O–H groups in total. The van der Waals surface area contributed by atoms with Crippen molar-refractivity contribution < 1.29 is 14.3 Å². The van der Waals surface area contributed by atoms with Crippen molar-refractivity contribution in [3.8, 4) is 22.4 Å². The monoisotopic (exact) mass is 489 g/mol. The summed E-state index contributed by atoms with van der Waals surface area (Å²) in [5, 5.41) is 7.86. The molecule has 4 aromatic rings. The number of carbonyl (C=O) groups excluding carboxylic acids is 2. The Kier molecular flexibility index (Phi) is 7.38. The summed E-state index contributed by atoms with van der Waals surface area (Å²) in [4.78, 5) is 34.4. The SMILES string of the molecule is COC[C@H](NC(=O)c1ccn(C)c1)C(=O)Nc1nc(-c2cccc(-c3cc(C)nc(C)c3)c2)cs1. The van der Waals surface area contributed by atoms with Gasteiger partial charge in [-0.25, -0.2) is 4.98 Å². The molecule has 180 valence electrons. The lowest BCUT2D eigenvalue weighted by atomic mass is 10.0. The number of aromatic nitrogens is 3. The van der Waals surface area contributed by atoms with Crippen molar-refractivity contribution in [1.82, 2.24) is 19.9 Å². The molecule has 3 heterocycles. The molecule has 9 heteroatoms. The number of anilines is 1. The van der Waals surface area contributed by atoms with Gasteiger partial charge in [-0.05, 0) is 49.2 Å². The van der Waals surface area contributed by atoms with Crippen LogP contribution in [0.15, 0.2) is 60.2 Å². The van der Waals surface area contributed by atoms with Crippen LogP contribution in [0.3, 0.4) is 0 Å². The van der Waals surface area contributed by atoms with Gasteiger partial charge in [0.1, 0.15) is 6.04 Å². The summed E-state index contributed by atoms with van der Waals surface area (Å²) in [6.45, 7) is 4.00. The maximum absolute atomic E-state index is 12.9. The zero-order chi connectivity index (χ0) is 24.9. The van der Waals surface area contributed by atoms with Crippen LogP contribution in [0, 0.1) is 13.8 Å². The summed E-state index contributed by atoms with van der Waals surface area (Å²) < 4.78 is 6.92. The van der Waals surface area contributed by atoms with Gasteiger partial charge in [-0.15, -0.1) is 11.3 Å². The van der Waals surface area contributed by atoms with Crippen LogP contribution in [-0.2, 0) is 16.6 Å². The minimum atomic E-state index is -0.860. The van der Waals surface area contributed by atoms with Gasteiger partial charge in [-0.2, -0.15) is 0 Å². The zero-order valence-corrected chi connectivity index (χ0v) is 20.8. The molecular formula is C26H27N5O3S. The molecule has 0 saturated heterocycles. The summed E-state index contributed by atoms with van der Waals surface area (Å²) in [7, 11) is 3.31. The predicted octanol–water partition coefficient (Wildman–Crippen LogP) is 4.21. The lowest BCUT2D eigenvalue weighted by Crippen LogP contribution is -2.46. The quantitative estimate of drug-likeness (QED) is 0.386. The fourth-order valence-corrected chi connectivity index (χ4v) is 4.47. The van der Waals surface area contributed by atoms with Gasteiger partial charge < -0.3 is 19.9 Å². The Morgan fingerprint density at radius 3 is 2.49 bits per heavy atom. The van der Waals surface area contributed by atoms with Crippen LogP contribution in [0.5, 0.6) is 0 Å². The van der Waals surface area contributed by atoms with Crippen molar-refractivity contribution in [1.29, 1.82) is 0 Å². The molecule has 1 aromatic carbocycles. The molecule has 0 radical (unpaired) electrons. The Balaban J connectivity index is 1.48. The standard InChI is InChI=1S/C26H27N5O3S/c1-16-10-21(11-17(2)27-16)18-6-5-7-19(12-18)23-15-35-26(29-23)30-25(33)22(14-34-4)28-24(32)20-8-9-31(3)13-20/h5-13,15,22H,14H2,1-4H3,(H,28,32)(H,29,30,33)/t22-/m0/s1. The number of benzene rings is 1. The van der Waals surface area contributed by atoms with Crippen LogP contribution in [0.4, 0.5) is 5.13 Å². The fraction of sp³-hybridized carbons (Fsp3) is 0.231. The van der Waals surface area contributed by atoms with Crippen molar-refractivity contribution in [2.75, 3.05) is 19.0 Å². The molecule has 0 bridgehead atoms. The number of amides is 2. The smallest absolute Gasteiger partial charge is 0.253 e. The number of thiazole rings is 1. The molecule has 0 unspecified atom stereocenters. The number of nitrogens with zero attached hydrogens (tertiary/aromatic N) is 3. The van der Waals surface area contributed by atoms with Crippen molar-refractivity contribution in [3.63, 3.8) is 0 Å². The van der Waals surface area contributed by atoms with E-state index in [-0.39, 0.29) is 12.5 Å². The molecule has 4 rings (SSSR count). The lowest BCUT2D eigenvalue weighted by molar-refractivity contribution is -0.119. The first-order chi connectivity index (χ1) is 16.8. The van der Waals surface area contributed by atoms with E-state index < -0.39 is 11.9 Å². The van der Waals surface area contributed by atoms with Crippen LogP contribution < -0.4 is 10.6 Å². The largest absolute Gasteiger partial charge is 0.382 e. The van der Waals surface area contributed by atoms with E-state index in [4.69, 9.17) is 4.74 Å². The topological polar surface area (TPSA) is 98.1 Å². The Morgan fingerprint density at radius 1 is 1.06 bits per heavy atom. The van der Waals surface area contributed by atoms with E-state index >= 15 is 0 Å². The Bertz CT molecular complexity index is 1340. The molecule has 3 aromatic heterocycles. The maximum atomic E-state index is 12.9. The number of hydrogen-bond acceptors (Lipinski definition) is 6. The van der Waals surface area contributed by atoms with Gasteiger partial charge >= 0.3 is 0 Å². The number of rotatable bonds is 8. The van der Waals surface area contributed by atoms with Gasteiger partial charge in [-0.1, -0.05) is 18.2 Å². The molecule has 2 amide bonds. The van der Waals surface area contributed by atoms with E-state index in [1.165, 1.54) is 18.4 Å².